The van der Waals surface area contributed by atoms with Crippen LogP contribution in [-0.4, -0.2) is 41.4 Å². The van der Waals surface area contributed by atoms with Crippen LogP contribution in [0.15, 0.2) is 24.3 Å². The third-order valence-electron chi connectivity index (χ3n) is 4.44. The molecule has 2 aliphatic heterocycles. The van der Waals surface area contributed by atoms with Gasteiger partial charge in [0.05, 0.1) is 11.1 Å². The molecule has 0 atom stereocenters. The minimum absolute atomic E-state index is 0.156. The Morgan fingerprint density at radius 1 is 1.10 bits per heavy atom. The quantitative estimate of drug-likeness (QED) is 0.486. The zero-order valence-corrected chi connectivity index (χ0v) is 11.9. The number of hydrogen-bond donors (Lipinski definition) is 2. The molecular weight excluding hydrogens is 268 g/mol. The number of carbonyl (C=O) groups excluding carboxylic acids is 2. The number of hydrazine groups is 2. The summed E-state index contributed by atoms with van der Waals surface area (Å²) in [6, 6.07) is 7.04. The minimum atomic E-state index is -0.156. The van der Waals surface area contributed by atoms with Gasteiger partial charge in [0.2, 0.25) is 0 Å². The predicted molar refractivity (Wildman–Crippen MR) is 78.0 cm³/mol. The van der Waals surface area contributed by atoms with Gasteiger partial charge >= 0.3 is 0 Å². The van der Waals surface area contributed by atoms with Gasteiger partial charge in [-0.05, 0) is 37.3 Å². The Hall–Kier alpha value is -1.76. The number of benzene rings is 1. The summed E-state index contributed by atoms with van der Waals surface area (Å²) in [6.07, 6.45) is 2.94. The number of hydrogen-bond acceptors (Lipinski definition) is 5. The Bertz CT molecular complexity index is 517. The summed E-state index contributed by atoms with van der Waals surface area (Å²) < 4.78 is 0. The summed E-state index contributed by atoms with van der Waals surface area (Å²) in [7, 11) is 0. The van der Waals surface area contributed by atoms with E-state index in [9.17, 15) is 9.59 Å². The van der Waals surface area contributed by atoms with E-state index in [-0.39, 0.29) is 11.8 Å². The summed E-state index contributed by atoms with van der Waals surface area (Å²) >= 11 is 0. The molecule has 0 radical (unpaired) electrons. The predicted octanol–water partition coefficient (Wildman–Crippen LogP) is 0.763. The van der Waals surface area contributed by atoms with Gasteiger partial charge < -0.3 is 0 Å². The lowest BCUT2D eigenvalue weighted by molar-refractivity contribution is 0.0629. The summed E-state index contributed by atoms with van der Waals surface area (Å²) in [4.78, 5) is 25.9. The molecular formula is C15H20N4O2. The average molecular weight is 288 g/mol. The highest BCUT2D eigenvalue weighted by molar-refractivity contribution is 6.21. The van der Waals surface area contributed by atoms with Crippen molar-refractivity contribution in [3.63, 3.8) is 0 Å². The second kappa shape index (κ2) is 5.93. The van der Waals surface area contributed by atoms with Crippen LogP contribution in [0.2, 0.25) is 0 Å². The van der Waals surface area contributed by atoms with Crippen molar-refractivity contribution < 1.29 is 9.59 Å². The first kappa shape index (κ1) is 14.2. The summed E-state index contributed by atoms with van der Waals surface area (Å²) in [5.41, 5.74) is 3.73. The molecule has 2 aliphatic rings. The Kier molecular flexibility index (Phi) is 4.01. The number of imide groups is 1. The first-order valence-electron chi connectivity index (χ1n) is 7.37. The van der Waals surface area contributed by atoms with E-state index in [1.165, 1.54) is 4.90 Å². The highest BCUT2D eigenvalue weighted by Gasteiger charge is 2.35. The van der Waals surface area contributed by atoms with Crippen LogP contribution in [0.4, 0.5) is 0 Å². The maximum atomic E-state index is 12.2. The van der Waals surface area contributed by atoms with Crippen molar-refractivity contribution in [3.05, 3.63) is 35.4 Å². The zero-order chi connectivity index (χ0) is 14.8. The molecule has 2 heterocycles. The lowest BCUT2D eigenvalue weighted by Crippen LogP contribution is -2.47. The van der Waals surface area contributed by atoms with Gasteiger partial charge in [-0.2, -0.15) is 5.53 Å². The van der Waals surface area contributed by atoms with Crippen LogP contribution in [0, 0.1) is 5.92 Å². The topological polar surface area (TPSA) is 78.7 Å². The molecule has 0 saturated carbocycles. The summed E-state index contributed by atoms with van der Waals surface area (Å²) in [6.45, 7) is 2.32. The number of nitrogens with one attached hydrogen (secondary N) is 1. The Labute approximate surface area is 123 Å². The van der Waals surface area contributed by atoms with Gasteiger partial charge in [0.1, 0.15) is 0 Å². The maximum absolute atomic E-state index is 12.2. The number of fused-ring (bicyclic) bond motifs is 1. The molecule has 6 nitrogen and oxygen atoms in total. The summed E-state index contributed by atoms with van der Waals surface area (Å²) in [5, 5.41) is 1.98. The van der Waals surface area contributed by atoms with Crippen molar-refractivity contribution in [2.45, 2.75) is 19.3 Å². The molecule has 0 bridgehead atoms. The van der Waals surface area contributed by atoms with Crippen LogP contribution >= 0.6 is 0 Å². The molecule has 1 aromatic rings. The third-order valence-corrected chi connectivity index (χ3v) is 4.44. The number of carbonyl (C=O) groups is 2. The van der Waals surface area contributed by atoms with E-state index in [1.807, 2.05) is 5.01 Å². The van der Waals surface area contributed by atoms with Crippen molar-refractivity contribution in [1.82, 2.24) is 15.4 Å². The molecule has 1 fully saturated rings. The van der Waals surface area contributed by atoms with E-state index in [2.05, 4.69) is 5.53 Å². The standard InChI is InChI=1S/C15H20N4O2/c16-17-18-8-5-11(6-9-18)7-10-19-14(20)12-3-1-2-4-13(12)15(19)21/h1-4,11,17H,5-10,16H2. The van der Waals surface area contributed by atoms with Gasteiger partial charge in [-0.25, -0.2) is 5.01 Å². The van der Waals surface area contributed by atoms with Crippen molar-refractivity contribution >= 4 is 11.8 Å². The number of amides is 2. The first-order chi connectivity index (χ1) is 10.2. The Morgan fingerprint density at radius 3 is 2.19 bits per heavy atom. The lowest BCUT2D eigenvalue weighted by Gasteiger charge is -2.31. The number of piperidine rings is 1. The van der Waals surface area contributed by atoms with E-state index in [1.54, 1.807) is 24.3 Å². The highest BCUT2D eigenvalue weighted by Crippen LogP contribution is 2.25. The number of nitrogens with two attached hydrogens (primary N) is 1. The van der Waals surface area contributed by atoms with Crippen LogP contribution in [0.25, 0.3) is 0 Å². The molecule has 0 aromatic heterocycles. The largest absolute Gasteiger partial charge is 0.274 e. The molecule has 0 aliphatic carbocycles. The van der Waals surface area contributed by atoms with E-state index < -0.39 is 0 Å². The number of rotatable bonds is 4. The van der Waals surface area contributed by atoms with Gasteiger partial charge in [-0.1, -0.05) is 12.1 Å². The number of nitrogens with zero attached hydrogens (tertiary/aromatic N) is 2. The van der Waals surface area contributed by atoms with Gasteiger partial charge in [0.15, 0.2) is 0 Å². The van der Waals surface area contributed by atoms with Gasteiger partial charge in [0, 0.05) is 19.6 Å². The van der Waals surface area contributed by atoms with E-state index in [0.717, 1.165) is 32.4 Å². The van der Waals surface area contributed by atoms with E-state index in [0.29, 0.717) is 23.6 Å². The van der Waals surface area contributed by atoms with Crippen LogP contribution in [-0.2, 0) is 0 Å². The molecule has 1 saturated heterocycles. The van der Waals surface area contributed by atoms with Gasteiger partial charge in [-0.15, -0.1) is 0 Å². The van der Waals surface area contributed by atoms with Crippen molar-refractivity contribution in [2.24, 2.45) is 11.8 Å². The molecule has 112 valence electrons. The fourth-order valence-corrected chi connectivity index (χ4v) is 3.10. The molecule has 3 N–H and O–H groups in total. The highest BCUT2D eigenvalue weighted by atomic mass is 16.2. The molecule has 0 unspecified atom stereocenters. The molecule has 6 heteroatoms. The van der Waals surface area contributed by atoms with Crippen LogP contribution in [0.5, 0.6) is 0 Å². The minimum Gasteiger partial charge on any atom is -0.274 e. The zero-order valence-electron chi connectivity index (χ0n) is 11.9. The summed E-state index contributed by atoms with van der Waals surface area (Å²) in [5.74, 6) is 5.61. The van der Waals surface area contributed by atoms with E-state index in [4.69, 9.17) is 5.84 Å². The molecule has 21 heavy (non-hydrogen) atoms. The Balaban J connectivity index is 1.58. The first-order valence-corrected chi connectivity index (χ1v) is 7.37. The maximum Gasteiger partial charge on any atom is 0.261 e. The van der Waals surface area contributed by atoms with Gasteiger partial charge in [0.25, 0.3) is 11.8 Å². The van der Waals surface area contributed by atoms with Crippen LogP contribution in [0.3, 0.4) is 0 Å². The monoisotopic (exact) mass is 288 g/mol. The third kappa shape index (κ3) is 2.70. The molecule has 0 spiro atoms. The van der Waals surface area contributed by atoms with E-state index >= 15 is 0 Å². The lowest BCUT2D eigenvalue weighted by atomic mass is 9.94. The smallest absolute Gasteiger partial charge is 0.261 e. The molecule has 2 amide bonds. The van der Waals surface area contributed by atoms with Crippen LogP contribution < -0.4 is 11.4 Å². The second-order valence-electron chi connectivity index (χ2n) is 5.66. The average Bonchev–Trinajstić information content (AvgIpc) is 2.78. The van der Waals surface area contributed by atoms with Crippen molar-refractivity contribution in [2.75, 3.05) is 19.6 Å². The van der Waals surface area contributed by atoms with Crippen molar-refractivity contribution in [1.29, 1.82) is 0 Å². The fourth-order valence-electron chi connectivity index (χ4n) is 3.10. The molecule has 1 aromatic carbocycles. The van der Waals surface area contributed by atoms with Crippen LogP contribution in [0.1, 0.15) is 40.0 Å². The second-order valence-corrected chi connectivity index (χ2v) is 5.66. The SMILES string of the molecule is NNN1CCC(CCN2C(=O)c3ccccc3C2=O)CC1. The fraction of sp³-hybridized carbons (Fsp3) is 0.467. The molecule has 3 rings (SSSR count). The Morgan fingerprint density at radius 2 is 1.67 bits per heavy atom. The normalized spacial score (nSPS) is 20.1. The van der Waals surface area contributed by atoms with Gasteiger partial charge in [-0.3, -0.25) is 20.3 Å². The van der Waals surface area contributed by atoms with Crippen molar-refractivity contribution in [3.8, 4) is 0 Å².